The molecule has 0 spiro atoms. The predicted molar refractivity (Wildman–Crippen MR) is 84.2 cm³/mol. The van der Waals surface area contributed by atoms with Gasteiger partial charge in [0.25, 0.3) is 0 Å². The summed E-state index contributed by atoms with van der Waals surface area (Å²) in [5.41, 5.74) is 0. The fourth-order valence-electron chi connectivity index (χ4n) is 2.89. The molecule has 1 aliphatic carbocycles. The monoisotopic (exact) mass is 294 g/mol. The van der Waals surface area contributed by atoms with Crippen LogP contribution >= 0.6 is 0 Å². The van der Waals surface area contributed by atoms with Gasteiger partial charge in [0.2, 0.25) is 0 Å². The SMILES string of the molecule is CCCNC(Cc1ncnn1CC(C)C)C(OC)C1CC1. The number of nitrogens with zero attached hydrogens (tertiary/aromatic N) is 3. The lowest BCUT2D eigenvalue weighted by Crippen LogP contribution is -2.44. The normalized spacial score (nSPS) is 18.1. The van der Waals surface area contributed by atoms with E-state index in [1.165, 1.54) is 12.8 Å². The molecular formula is C16H30N4O. The topological polar surface area (TPSA) is 52.0 Å². The molecule has 2 atom stereocenters. The summed E-state index contributed by atoms with van der Waals surface area (Å²) < 4.78 is 7.83. The molecule has 0 amide bonds. The first kappa shape index (κ1) is 16.4. The summed E-state index contributed by atoms with van der Waals surface area (Å²) in [6.07, 6.45) is 6.58. The number of ether oxygens (including phenoxy) is 1. The summed E-state index contributed by atoms with van der Waals surface area (Å²) in [6.45, 7) is 8.57. The van der Waals surface area contributed by atoms with Gasteiger partial charge in [-0.2, -0.15) is 5.10 Å². The van der Waals surface area contributed by atoms with Crippen LogP contribution in [-0.2, 0) is 17.7 Å². The molecule has 120 valence electrons. The van der Waals surface area contributed by atoms with Crippen molar-refractivity contribution < 1.29 is 4.74 Å². The van der Waals surface area contributed by atoms with E-state index in [0.29, 0.717) is 24.0 Å². The standard InChI is InChI=1S/C16H30N4O/c1-5-8-17-14(16(21-4)13-6-7-13)9-15-18-11-19-20(15)10-12(2)3/h11-14,16-17H,5-10H2,1-4H3. The second-order valence-electron chi connectivity index (χ2n) is 6.55. The van der Waals surface area contributed by atoms with Gasteiger partial charge < -0.3 is 10.1 Å². The summed E-state index contributed by atoms with van der Waals surface area (Å²) in [7, 11) is 1.84. The highest BCUT2D eigenvalue weighted by molar-refractivity contribution is 4.97. The molecule has 1 aliphatic rings. The van der Waals surface area contributed by atoms with E-state index >= 15 is 0 Å². The Morgan fingerprint density at radius 1 is 1.43 bits per heavy atom. The van der Waals surface area contributed by atoms with Crippen molar-refractivity contribution >= 4 is 0 Å². The lowest BCUT2D eigenvalue weighted by atomic mass is 10.0. The molecule has 5 heteroatoms. The van der Waals surface area contributed by atoms with E-state index in [9.17, 15) is 0 Å². The second kappa shape index (κ2) is 7.90. The zero-order chi connectivity index (χ0) is 15.2. The highest BCUT2D eigenvalue weighted by Crippen LogP contribution is 2.36. The maximum atomic E-state index is 5.78. The molecule has 2 rings (SSSR count). The Kier molecular flexibility index (Phi) is 6.18. The smallest absolute Gasteiger partial charge is 0.138 e. The quantitative estimate of drug-likeness (QED) is 0.719. The third kappa shape index (κ3) is 4.78. The Bertz CT molecular complexity index is 414. The predicted octanol–water partition coefficient (Wildman–Crippen LogP) is 2.27. The van der Waals surface area contributed by atoms with Crippen molar-refractivity contribution in [2.45, 2.75) is 65.1 Å². The molecule has 1 aromatic heterocycles. The van der Waals surface area contributed by atoms with Crippen LogP contribution in [0.5, 0.6) is 0 Å². The summed E-state index contributed by atoms with van der Waals surface area (Å²) in [5, 5.41) is 8.03. The largest absolute Gasteiger partial charge is 0.380 e. The maximum Gasteiger partial charge on any atom is 0.138 e. The zero-order valence-electron chi connectivity index (χ0n) is 13.9. The molecule has 1 fully saturated rings. The van der Waals surface area contributed by atoms with Crippen LogP contribution in [0.2, 0.25) is 0 Å². The highest BCUT2D eigenvalue weighted by atomic mass is 16.5. The summed E-state index contributed by atoms with van der Waals surface area (Å²) >= 11 is 0. The lowest BCUT2D eigenvalue weighted by Gasteiger charge is -2.27. The van der Waals surface area contributed by atoms with Gasteiger partial charge in [-0.3, -0.25) is 0 Å². The molecule has 1 N–H and O–H groups in total. The van der Waals surface area contributed by atoms with Crippen LogP contribution in [0.15, 0.2) is 6.33 Å². The van der Waals surface area contributed by atoms with Crippen LogP contribution < -0.4 is 5.32 Å². The Labute approximate surface area is 128 Å². The molecule has 21 heavy (non-hydrogen) atoms. The van der Waals surface area contributed by atoms with Crippen LogP contribution in [0.3, 0.4) is 0 Å². The third-order valence-corrected chi connectivity index (χ3v) is 4.05. The van der Waals surface area contributed by atoms with Gasteiger partial charge in [-0.05, 0) is 37.6 Å². The van der Waals surface area contributed by atoms with Gasteiger partial charge in [0.1, 0.15) is 12.2 Å². The second-order valence-corrected chi connectivity index (χ2v) is 6.55. The van der Waals surface area contributed by atoms with Crippen molar-refractivity contribution in [2.24, 2.45) is 11.8 Å². The van der Waals surface area contributed by atoms with Crippen molar-refractivity contribution in [2.75, 3.05) is 13.7 Å². The number of rotatable bonds is 10. The van der Waals surface area contributed by atoms with Gasteiger partial charge in [0, 0.05) is 26.1 Å². The van der Waals surface area contributed by atoms with E-state index < -0.39 is 0 Å². The number of aromatic nitrogens is 3. The van der Waals surface area contributed by atoms with Crippen molar-refractivity contribution in [3.8, 4) is 0 Å². The van der Waals surface area contributed by atoms with Crippen LogP contribution in [0.4, 0.5) is 0 Å². The number of methoxy groups -OCH3 is 1. The lowest BCUT2D eigenvalue weighted by molar-refractivity contribution is 0.0501. The van der Waals surface area contributed by atoms with Crippen LogP contribution in [0.1, 0.15) is 45.9 Å². The molecule has 1 heterocycles. The minimum absolute atomic E-state index is 0.292. The van der Waals surface area contributed by atoms with Gasteiger partial charge in [0.15, 0.2) is 0 Å². The Morgan fingerprint density at radius 2 is 2.19 bits per heavy atom. The minimum atomic E-state index is 0.292. The number of hydrogen-bond donors (Lipinski definition) is 1. The molecule has 5 nitrogen and oxygen atoms in total. The van der Waals surface area contributed by atoms with E-state index in [2.05, 4.69) is 36.2 Å². The number of hydrogen-bond acceptors (Lipinski definition) is 4. The van der Waals surface area contributed by atoms with Crippen molar-refractivity contribution in [1.82, 2.24) is 20.1 Å². The summed E-state index contributed by atoms with van der Waals surface area (Å²) in [4.78, 5) is 4.47. The van der Waals surface area contributed by atoms with E-state index in [1.54, 1.807) is 6.33 Å². The first-order valence-corrected chi connectivity index (χ1v) is 8.28. The molecule has 0 aliphatic heterocycles. The molecule has 2 unspecified atom stereocenters. The highest BCUT2D eigenvalue weighted by Gasteiger charge is 2.37. The molecule has 1 aromatic rings. The molecule has 1 saturated carbocycles. The Hall–Kier alpha value is -0.940. The van der Waals surface area contributed by atoms with E-state index in [4.69, 9.17) is 4.74 Å². The summed E-state index contributed by atoms with van der Waals surface area (Å²) in [6, 6.07) is 0.331. The average Bonchev–Trinajstić information content (AvgIpc) is 3.19. The maximum absolute atomic E-state index is 5.78. The molecular weight excluding hydrogens is 264 g/mol. The Balaban J connectivity index is 2.04. The van der Waals surface area contributed by atoms with Gasteiger partial charge in [0.05, 0.1) is 6.10 Å². The van der Waals surface area contributed by atoms with Crippen LogP contribution in [0, 0.1) is 11.8 Å². The fourth-order valence-corrected chi connectivity index (χ4v) is 2.89. The average molecular weight is 294 g/mol. The van der Waals surface area contributed by atoms with Crippen molar-refractivity contribution in [1.29, 1.82) is 0 Å². The fraction of sp³-hybridized carbons (Fsp3) is 0.875. The first-order valence-electron chi connectivity index (χ1n) is 8.28. The zero-order valence-corrected chi connectivity index (χ0v) is 13.9. The third-order valence-electron chi connectivity index (χ3n) is 4.05. The molecule has 0 saturated heterocycles. The van der Waals surface area contributed by atoms with Gasteiger partial charge in [-0.25, -0.2) is 9.67 Å². The van der Waals surface area contributed by atoms with Crippen molar-refractivity contribution in [3.05, 3.63) is 12.2 Å². The summed E-state index contributed by atoms with van der Waals surface area (Å²) in [5.74, 6) is 2.36. The van der Waals surface area contributed by atoms with E-state index in [-0.39, 0.29) is 0 Å². The van der Waals surface area contributed by atoms with Crippen LogP contribution in [0.25, 0.3) is 0 Å². The Morgan fingerprint density at radius 3 is 2.76 bits per heavy atom. The van der Waals surface area contributed by atoms with Crippen LogP contribution in [-0.4, -0.2) is 40.6 Å². The van der Waals surface area contributed by atoms with E-state index in [1.807, 2.05) is 11.8 Å². The molecule has 0 bridgehead atoms. The first-order chi connectivity index (χ1) is 10.2. The van der Waals surface area contributed by atoms with Gasteiger partial charge in [-0.1, -0.05) is 20.8 Å². The molecule has 0 aromatic carbocycles. The van der Waals surface area contributed by atoms with Gasteiger partial charge in [-0.15, -0.1) is 0 Å². The van der Waals surface area contributed by atoms with E-state index in [0.717, 1.165) is 31.8 Å². The van der Waals surface area contributed by atoms with Crippen molar-refractivity contribution in [3.63, 3.8) is 0 Å². The number of nitrogens with one attached hydrogen (secondary N) is 1. The minimum Gasteiger partial charge on any atom is -0.380 e. The van der Waals surface area contributed by atoms with Gasteiger partial charge >= 0.3 is 0 Å². The molecule has 0 radical (unpaired) electrons.